The van der Waals surface area contributed by atoms with Crippen molar-refractivity contribution in [3.05, 3.63) is 35.4 Å². The predicted molar refractivity (Wildman–Crippen MR) is 78.4 cm³/mol. The number of esters is 1. The summed E-state index contributed by atoms with van der Waals surface area (Å²) >= 11 is 0. The van der Waals surface area contributed by atoms with Gasteiger partial charge in [-0.25, -0.2) is 0 Å². The minimum Gasteiger partial charge on any atom is -0.468 e. The van der Waals surface area contributed by atoms with E-state index in [1.807, 2.05) is 25.1 Å². The molecule has 0 aliphatic rings. The van der Waals surface area contributed by atoms with Crippen LogP contribution in [0.4, 0.5) is 0 Å². The van der Waals surface area contributed by atoms with Crippen LogP contribution in [0.2, 0.25) is 0 Å². The molecule has 0 fully saturated rings. The molecule has 0 spiro atoms. The SMILES string of the molecule is COC(=O)CNC(=O)C(C)c1ccccc1CC(C)C. The van der Waals surface area contributed by atoms with Gasteiger partial charge in [-0.2, -0.15) is 0 Å². The Balaban J connectivity index is 2.78. The summed E-state index contributed by atoms with van der Waals surface area (Å²) in [4.78, 5) is 23.1. The molecule has 0 saturated heterocycles. The lowest BCUT2D eigenvalue weighted by atomic mass is 9.90. The fraction of sp³-hybridized carbons (Fsp3) is 0.500. The zero-order valence-corrected chi connectivity index (χ0v) is 12.6. The molecule has 1 N–H and O–H groups in total. The van der Waals surface area contributed by atoms with E-state index >= 15 is 0 Å². The highest BCUT2D eigenvalue weighted by atomic mass is 16.5. The Morgan fingerprint density at radius 1 is 1.20 bits per heavy atom. The molecule has 1 aromatic carbocycles. The lowest BCUT2D eigenvalue weighted by molar-refractivity contribution is -0.141. The summed E-state index contributed by atoms with van der Waals surface area (Å²) in [7, 11) is 1.30. The molecular formula is C16H23NO3. The first kappa shape index (κ1) is 16.2. The van der Waals surface area contributed by atoms with Gasteiger partial charge < -0.3 is 10.1 Å². The molecule has 1 amide bonds. The maximum Gasteiger partial charge on any atom is 0.325 e. The molecule has 1 unspecified atom stereocenters. The number of hydrogen-bond donors (Lipinski definition) is 1. The van der Waals surface area contributed by atoms with Gasteiger partial charge in [0, 0.05) is 0 Å². The van der Waals surface area contributed by atoms with Crippen molar-refractivity contribution in [2.45, 2.75) is 33.1 Å². The molecule has 0 saturated carbocycles. The Hall–Kier alpha value is -1.84. The summed E-state index contributed by atoms with van der Waals surface area (Å²) in [6, 6.07) is 7.95. The average molecular weight is 277 g/mol. The van der Waals surface area contributed by atoms with Crippen LogP contribution in [-0.4, -0.2) is 25.5 Å². The first-order valence-electron chi connectivity index (χ1n) is 6.88. The van der Waals surface area contributed by atoms with Crippen LogP contribution in [0.15, 0.2) is 24.3 Å². The zero-order chi connectivity index (χ0) is 15.1. The number of rotatable bonds is 6. The van der Waals surface area contributed by atoms with Crippen molar-refractivity contribution in [1.29, 1.82) is 0 Å². The monoisotopic (exact) mass is 277 g/mol. The number of nitrogens with one attached hydrogen (secondary N) is 1. The third-order valence-electron chi connectivity index (χ3n) is 3.18. The van der Waals surface area contributed by atoms with Crippen LogP contribution >= 0.6 is 0 Å². The molecule has 0 heterocycles. The third kappa shape index (κ3) is 4.68. The molecule has 4 nitrogen and oxygen atoms in total. The van der Waals surface area contributed by atoms with E-state index in [4.69, 9.17) is 0 Å². The molecule has 20 heavy (non-hydrogen) atoms. The molecule has 0 aromatic heterocycles. The standard InChI is InChI=1S/C16H23NO3/c1-11(2)9-13-7-5-6-8-14(13)12(3)16(19)17-10-15(18)20-4/h5-8,11-12H,9-10H2,1-4H3,(H,17,19). The normalized spacial score (nSPS) is 12.1. The summed E-state index contributed by atoms with van der Waals surface area (Å²) in [6.45, 7) is 6.06. The summed E-state index contributed by atoms with van der Waals surface area (Å²) in [6.07, 6.45) is 0.935. The van der Waals surface area contributed by atoms with E-state index < -0.39 is 5.97 Å². The van der Waals surface area contributed by atoms with Crippen LogP contribution in [0.3, 0.4) is 0 Å². The summed E-state index contributed by atoms with van der Waals surface area (Å²) < 4.78 is 4.51. The number of carbonyl (C=O) groups excluding carboxylic acids is 2. The Morgan fingerprint density at radius 3 is 2.45 bits per heavy atom. The van der Waals surface area contributed by atoms with Crippen LogP contribution in [0.1, 0.15) is 37.8 Å². The fourth-order valence-corrected chi connectivity index (χ4v) is 2.11. The molecule has 4 heteroatoms. The second-order valence-corrected chi connectivity index (χ2v) is 5.31. The lowest BCUT2D eigenvalue weighted by Gasteiger charge is -2.17. The topological polar surface area (TPSA) is 55.4 Å². The number of methoxy groups -OCH3 is 1. The van der Waals surface area contributed by atoms with Crippen LogP contribution in [0.25, 0.3) is 0 Å². The zero-order valence-electron chi connectivity index (χ0n) is 12.6. The highest BCUT2D eigenvalue weighted by Gasteiger charge is 2.19. The smallest absolute Gasteiger partial charge is 0.325 e. The van der Waals surface area contributed by atoms with Crippen molar-refractivity contribution in [2.24, 2.45) is 5.92 Å². The van der Waals surface area contributed by atoms with Crippen molar-refractivity contribution >= 4 is 11.9 Å². The molecule has 1 aromatic rings. The van der Waals surface area contributed by atoms with Crippen molar-refractivity contribution in [3.63, 3.8) is 0 Å². The first-order valence-corrected chi connectivity index (χ1v) is 6.88. The van der Waals surface area contributed by atoms with Gasteiger partial charge in [-0.1, -0.05) is 38.1 Å². The quantitative estimate of drug-likeness (QED) is 0.812. The first-order chi connectivity index (χ1) is 9.45. The van der Waals surface area contributed by atoms with Gasteiger partial charge in [-0.15, -0.1) is 0 Å². The fourth-order valence-electron chi connectivity index (χ4n) is 2.11. The molecule has 0 aliphatic carbocycles. The van der Waals surface area contributed by atoms with E-state index in [0.29, 0.717) is 5.92 Å². The van der Waals surface area contributed by atoms with Gasteiger partial charge in [0.15, 0.2) is 0 Å². The van der Waals surface area contributed by atoms with Crippen LogP contribution in [-0.2, 0) is 20.7 Å². The second kappa shape index (κ2) is 7.68. The Kier molecular flexibility index (Phi) is 6.22. The third-order valence-corrected chi connectivity index (χ3v) is 3.18. The molecular weight excluding hydrogens is 254 g/mol. The van der Waals surface area contributed by atoms with E-state index in [1.54, 1.807) is 0 Å². The van der Waals surface area contributed by atoms with Crippen LogP contribution in [0, 0.1) is 5.92 Å². The van der Waals surface area contributed by atoms with E-state index in [2.05, 4.69) is 30.0 Å². The van der Waals surface area contributed by atoms with Crippen molar-refractivity contribution in [2.75, 3.05) is 13.7 Å². The number of benzene rings is 1. The molecule has 1 atom stereocenters. The molecule has 110 valence electrons. The summed E-state index contributed by atoms with van der Waals surface area (Å²) in [5, 5.41) is 2.60. The van der Waals surface area contributed by atoms with Gasteiger partial charge in [0.25, 0.3) is 0 Å². The van der Waals surface area contributed by atoms with Gasteiger partial charge in [-0.05, 0) is 30.4 Å². The molecule has 0 radical (unpaired) electrons. The highest BCUT2D eigenvalue weighted by Crippen LogP contribution is 2.22. The molecule has 1 rings (SSSR count). The van der Waals surface area contributed by atoms with E-state index in [1.165, 1.54) is 12.7 Å². The Labute approximate surface area is 120 Å². The Bertz CT molecular complexity index is 469. The van der Waals surface area contributed by atoms with Crippen molar-refractivity contribution in [1.82, 2.24) is 5.32 Å². The van der Waals surface area contributed by atoms with E-state index in [9.17, 15) is 9.59 Å². The summed E-state index contributed by atoms with van der Waals surface area (Å²) in [5.41, 5.74) is 2.20. The highest BCUT2D eigenvalue weighted by molar-refractivity contribution is 5.86. The van der Waals surface area contributed by atoms with Crippen LogP contribution < -0.4 is 5.32 Å². The van der Waals surface area contributed by atoms with E-state index in [-0.39, 0.29) is 18.4 Å². The average Bonchev–Trinajstić information content (AvgIpc) is 2.43. The lowest BCUT2D eigenvalue weighted by Crippen LogP contribution is -2.33. The van der Waals surface area contributed by atoms with Gasteiger partial charge in [0.2, 0.25) is 5.91 Å². The van der Waals surface area contributed by atoms with Gasteiger partial charge in [0.1, 0.15) is 6.54 Å². The largest absolute Gasteiger partial charge is 0.468 e. The summed E-state index contributed by atoms with van der Waals surface area (Å²) in [5.74, 6) is -0.358. The number of amides is 1. The predicted octanol–water partition coefficient (Wildman–Crippen LogP) is 2.28. The van der Waals surface area contributed by atoms with Gasteiger partial charge in [0.05, 0.1) is 13.0 Å². The van der Waals surface area contributed by atoms with Crippen molar-refractivity contribution < 1.29 is 14.3 Å². The number of ether oxygens (including phenoxy) is 1. The minimum atomic E-state index is -0.444. The van der Waals surface area contributed by atoms with Gasteiger partial charge >= 0.3 is 5.97 Å². The maximum absolute atomic E-state index is 12.1. The Morgan fingerprint density at radius 2 is 1.85 bits per heavy atom. The molecule has 0 aliphatic heterocycles. The maximum atomic E-state index is 12.1. The van der Waals surface area contributed by atoms with Crippen LogP contribution in [0.5, 0.6) is 0 Å². The van der Waals surface area contributed by atoms with E-state index in [0.717, 1.165) is 12.0 Å². The minimum absolute atomic E-state index is 0.0912. The van der Waals surface area contributed by atoms with Crippen molar-refractivity contribution in [3.8, 4) is 0 Å². The number of hydrogen-bond acceptors (Lipinski definition) is 3. The number of carbonyl (C=O) groups is 2. The van der Waals surface area contributed by atoms with Gasteiger partial charge in [-0.3, -0.25) is 9.59 Å². The molecule has 0 bridgehead atoms. The second-order valence-electron chi connectivity index (χ2n) is 5.31.